The molecule has 0 fully saturated rings. The lowest BCUT2D eigenvalue weighted by molar-refractivity contribution is 1.43. The van der Waals surface area contributed by atoms with E-state index in [2.05, 4.69) is 184 Å². The summed E-state index contributed by atoms with van der Waals surface area (Å²) in [7, 11) is 0. The van der Waals surface area contributed by atoms with Crippen molar-refractivity contribution >= 4 is 64.6 Å². The molecule has 10 aromatic rings. The highest BCUT2D eigenvalue weighted by atomic mass is 14.2. The number of hydrogen-bond donors (Lipinski definition) is 0. The van der Waals surface area contributed by atoms with Crippen molar-refractivity contribution < 1.29 is 0 Å². The second-order valence-corrected chi connectivity index (χ2v) is 13.7. The van der Waals surface area contributed by atoms with E-state index in [0.29, 0.717) is 0 Å². The summed E-state index contributed by atoms with van der Waals surface area (Å²) in [6.45, 7) is 4.50. The van der Waals surface area contributed by atoms with Gasteiger partial charge in [-0.2, -0.15) is 0 Å². The minimum Gasteiger partial charge on any atom is -0.0616 e. The summed E-state index contributed by atoms with van der Waals surface area (Å²) in [5.74, 6) is 0. The van der Waals surface area contributed by atoms with Crippen LogP contribution in [0.15, 0.2) is 170 Å². The van der Waals surface area contributed by atoms with Crippen molar-refractivity contribution in [2.24, 2.45) is 0 Å². The van der Waals surface area contributed by atoms with Crippen LogP contribution in [0.1, 0.15) is 11.1 Å². The van der Waals surface area contributed by atoms with Gasteiger partial charge in [-0.3, -0.25) is 0 Å². The van der Waals surface area contributed by atoms with Gasteiger partial charge in [0, 0.05) is 0 Å². The van der Waals surface area contributed by atoms with E-state index in [-0.39, 0.29) is 0 Å². The normalized spacial score (nSPS) is 11.8. The summed E-state index contributed by atoms with van der Waals surface area (Å²) in [4.78, 5) is 0. The molecule has 0 heterocycles. The monoisotopic (exact) mass is 634 g/mol. The van der Waals surface area contributed by atoms with E-state index in [1.54, 1.807) is 0 Å². The lowest BCUT2D eigenvalue weighted by atomic mass is 9.83. The molecule has 0 nitrogen and oxygen atoms in total. The Kier molecular flexibility index (Phi) is 6.41. The molecule has 0 aliphatic rings. The SMILES string of the molecule is Cc1ccc(-c2c3ccccc3c(-c3ccc4c5ccccc5c5ccccc5c4c3)c3ccccc23)cc1-c1ccc2ccccc2c1C. The Bertz CT molecular complexity index is 2900. The van der Waals surface area contributed by atoms with Gasteiger partial charge in [0.2, 0.25) is 0 Å². The second kappa shape index (κ2) is 11.2. The fraction of sp³-hybridized carbons (Fsp3) is 0.0400. The van der Waals surface area contributed by atoms with Crippen LogP contribution in [0.5, 0.6) is 0 Å². The van der Waals surface area contributed by atoms with Gasteiger partial charge in [0.1, 0.15) is 0 Å². The summed E-state index contributed by atoms with van der Waals surface area (Å²) in [6.07, 6.45) is 0. The topological polar surface area (TPSA) is 0 Å². The molecule has 10 rings (SSSR count). The maximum Gasteiger partial charge on any atom is -0.00261 e. The lowest BCUT2D eigenvalue weighted by Gasteiger charge is -2.20. The Morgan fingerprint density at radius 3 is 1.26 bits per heavy atom. The molecule has 0 aliphatic heterocycles. The highest BCUT2D eigenvalue weighted by Crippen LogP contribution is 2.46. The van der Waals surface area contributed by atoms with Gasteiger partial charge in [0.15, 0.2) is 0 Å². The Morgan fingerprint density at radius 2 is 0.700 bits per heavy atom. The van der Waals surface area contributed by atoms with E-state index in [0.717, 1.165) is 0 Å². The van der Waals surface area contributed by atoms with Gasteiger partial charge >= 0.3 is 0 Å². The molecular formula is C50H34. The van der Waals surface area contributed by atoms with E-state index < -0.39 is 0 Å². The van der Waals surface area contributed by atoms with Gasteiger partial charge in [-0.15, -0.1) is 0 Å². The fourth-order valence-corrected chi connectivity index (χ4v) is 8.60. The molecule has 0 aromatic heterocycles. The third-order valence-electron chi connectivity index (χ3n) is 11.0. The number of rotatable bonds is 3. The molecular weight excluding hydrogens is 601 g/mol. The summed E-state index contributed by atoms with van der Waals surface area (Å²) in [6, 6.07) is 63.1. The van der Waals surface area contributed by atoms with E-state index in [1.807, 2.05) is 0 Å². The first-order valence-corrected chi connectivity index (χ1v) is 17.5. The van der Waals surface area contributed by atoms with Crippen LogP contribution < -0.4 is 0 Å². The Labute approximate surface area is 291 Å². The lowest BCUT2D eigenvalue weighted by Crippen LogP contribution is -1.93. The zero-order chi connectivity index (χ0) is 33.3. The average molecular weight is 635 g/mol. The number of benzene rings is 10. The molecule has 0 bridgehead atoms. The molecule has 50 heavy (non-hydrogen) atoms. The standard InChI is InChI=1S/C50H34/c1-31-23-24-34(29-47(31)37-27-25-33-13-3-4-14-36(33)32(37)2)49-43-19-9-11-21-45(43)50(46-22-12-10-20-44(46)49)35-26-28-42-40-17-6-5-15-38(40)39-16-7-8-18-41(39)48(42)30-35/h3-30H,1-2H3. The molecule has 0 radical (unpaired) electrons. The molecule has 234 valence electrons. The van der Waals surface area contributed by atoms with E-state index >= 15 is 0 Å². The zero-order valence-electron chi connectivity index (χ0n) is 28.2. The molecule has 0 saturated heterocycles. The maximum atomic E-state index is 2.43. The predicted octanol–water partition coefficient (Wildman–Crippen LogP) is 14.2. The van der Waals surface area contributed by atoms with Gasteiger partial charge in [0.25, 0.3) is 0 Å². The first kappa shape index (κ1) is 28.7. The quantitative estimate of drug-likeness (QED) is 0.134. The van der Waals surface area contributed by atoms with Crippen molar-refractivity contribution in [2.75, 3.05) is 0 Å². The molecule has 0 heteroatoms. The van der Waals surface area contributed by atoms with Crippen molar-refractivity contribution in [1.29, 1.82) is 0 Å². The molecule has 0 saturated carbocycles. The van der Waals surface area contributed by atoms with Crippen molar-refractivity contribution in [1.82, 2.24) is 0 Å². The molecule has 0 amide bonds. The minimum absolute atomic E-state index is 1.24. The van der Waals surface area contributed by atoms with Crippen molar-refractivity contribution in [3.8, 4) is 33.4 Å². The summed E-state index contributed by atoms with van der Waals surface area (Å²) >= 11 is 0. The van der Waals surface area contributed by atoms with Crippen molar-refractivity contribution in [2.45, 2.75) is 13.8 Å². The van der Waals surface area contributed by atoms with Crippen LogP contribution in [-0.2, 0) is 0 Å². The van der Waals surface area contributed by atoms with Crippen LogP contribution in [0.4, 0.5) is 0 Å². The Morgan fingerprint density at radius 1 is 0.280 bits per heavy atom. The van der Waals surface area contributed by atoms with Gasteiger partial charge in [-0.1, -0.05) is 158 Å². The highest BCUT2D eigenvalue weighted by molar-refractivity contribution is 6.27. The Hall–Kier alpha value is -6.24. The average Bonchev–Trinajstić information content (AvgIpc) is 3.17. The molecule has 10 aromatic carbocycles. The molecule has 0 unspecified atom stereocenters. The number of fused-ring (bicyclic) bond motifs is 9. The summed E-state index contributed by atoms with van der Waals surface area (Å²) < 4.78 is 0. The minimum atomic E-state index is 1.24. The molecule has 0 N–H and O–H groups in total. The molecule has 0 aliphatic carbocycles. The molecule has 0 atom stereocenters. The first-order valence-electron chi connectivity index (χ1n) is 17.5. The van der Waals surface area contributed by atoms with E-state index in [4.69, 9.17) is 0 Å². The smallest absolute Gasteiger partial charge is 0.00261 e. The predicted molar refractivity (Wildman–Crippen MR) is 217 cm³/mol. The van der Waals surface area contributed by atoms with Crippen molar-refractivity contribution in [3.05, 3.63) is 181 Å². The highest BCUT2D eigenvalue weighted by Gasteiger charge is 2.19. The van der Waals surface area contributed by atoms with Crippen LogP contribution in [-0.4, -0.2) is 0 Å². The summed E-state index contributed by atoms with van der Waals surface area (Å²) in [5.41, 5.74) is 10.3. The van der Waals surface area contributed by atoms with Crippen LogP contribution >= 0.6 is 0 Å². The first-order chi connectivity index (χ1) is 24.7. The van der Waals surface area contributed by atoms with E-state index in [1.165, 1.54) is 109 Å². The Balaban J connectivity index is 1.25. The fourth-order valence-electron chi connectivity index (χ4n) is 8.60. The largest absolute Gasteiger partial charge is 0.0616 e. The number of hydrogen-bond acceptors (Lipinski definition) is 0. The second-order valence-electron chi connectivity index (χ2n) is 13.7. The van der Waals surface area contributed by atoms with Gasteiger partial charge in [-0.25, -0.2) is 0 Å². The van der Waals surface area contributed by atoms with Crippen LogP contribution in [0.3, 0.4) is 0 Å². The van der Waals surface area contributed by atoms with Crippen LogP contribution in [0.25, 0.3) is 98.0 Å². The third kappa shape index (κ3) is 4.25. The maximum absolute atomic E-state index is 2.43. The van der Waals surface area contributed by atoms with Crippen LogP contribution in [0, 0.1) is 13.8 Å². The van der Waals surface area contributed by atoms with Crippen LogP contribution in [0.2, 0.25) is 0 Å². The van der Waals surface area contributed by atoms with Gasteiger partial charge < -0.3 is 0 Å². The van der Waals surface area contributed by atoms with Crippen molar-refractivity contribution in [3.63, 3.8) is 0 Å². The number of aryl methyl sites for hydroxylation is 2. The molecule has 0 spiro atoms. The third-order valence-corrected chi connectivity index (χ3v) is 11.0. The zero-order valence-corrected chi connectivity index (χ0v) is 28.2. The van der Waals surface area contributed by atoms with Gasteiger partial charge in [0.05, 0.1) is 0 Å². The van der Waals surface area contributed by atoms with E-state index in [9.17, 15) is 0 Å². The summed E-state index contributed by atoms with van der Waals surface area (Å²) in [5, 5.41) is 15.5. The van der Waals surface area contributed by atoms with Gasteiger partial charge in [-0.05, 0) is 135 Å².